The van der Waals surface area contributed by atoms with Crippen LogP contribution in [0.15, 0.2) is 23.6 Å². The van der Waals surface area contributed by atoms with Crippen molar-refractivity contribution >= 4 is 40.2 Å². The Labute approximate surface area is 127 Å². The Hall–Kier alpha value is -0.770. The van der Waals surface area contributed by atoms with Crippen molar-refractivity contribution in [3.63, 3.8) is 0 Å². The first-order valence-electron chi connectivity index (χ1n) is 6.00. The largest absolute Gasteiger partial charge is 0.376 e. The third-order valence-corrected chi connectivity index (χ3v) is 4.18. The van der Waals surface area contributed by atoms with Crippen molar-refractivity contribution in [2.45, 2.75) is 32.7 Å². The van der Waals surface area contributed by atoms with Gasteiger partial charge in [-0.25, -0.2) is 4.98 Å². The Morgan fingerprint density at radius 2 is 1.84 bits per heavy atom. The molecular weight excluding hydrogens is 299 g/mol. The summed E-state index contributed by atoms with van der Waals surface area (Å²) in [5.41, 5.74) is 1.95. The highest BCUT2D eigenvalue weighted by Gasteiger charge is 2.17. The molecule has 1 aromatic heterocycles. The molecule has 1 heterocycles. The van der Waals surface area contributed by atoms with Gasteiger partial charge < -0.3 is 5.32 Å². The molecule has 19 heavy (non-hydrogen) atoms. The standard InChI is InChI=1S/C14H16Cl2N2S/c1-14(2,3)11-8-19-12(18-11)7-17-13-9(15)5-4-6-10(13)16/h4-6,8,17H,7H2,1-3H3. The molecule has 0 amide bonds. The molecule has 2 nitrogen and oxygen atoms in total. The van der Waals surface area contributed by atoms with Gasteiger partial charge in [-0.1, -0.05) is 50.0 Å². The zero-order chi connectivity index (χ0) is 14.0. The van der Waals surface area contributed by atoms with Crippen LogP contribution in [0.5, 0.6) is 0 Å². The van der Waals surface area contributed by atoms with E-state index in [4.69, 9.17) is 23.2 Å². The van der Waals surface area contributed by atoms with Crippen molar-refractivity contribution in [1.29, 1.82) is 0 Å². The Balaban J connectivity index is 2.09. The Morgan fingerprint density at radius 3 is 2.37 bits per heavy atom. The molecule has 0 saturated carbocycles. The fourth-order valence-corrected chi connectivity index (χ4v) is 3.06. The number of halogens is 2. The second-order valence-corrected chi connectivity index (χ2v) is 7.08. The van der Waals surface area contributed by atoms with Gasteiger partial charge in [0, 0.05) is 10.8 Å². The molecule has 0 saturated heterocycles. The highest BCUT2D eigenvalue weighted by atomic mass is 35.5. The van der Waals surface area contributed by atoms with E-state index in [0.717, 1.165) is 16.4 Å². The molecule has 1 N–H and O–H groups in total. The van der Waals surface area contributed by atoms with Crippen LogP contribution >= 0.6 is 34.5 Å². The van der Waals surface area contributed by atoms with E-state index in [1.54, 1.807) is 11.3 Å². The SMILES string of the molecule is CC(C)(C)c1csc(CNc2c(Cl)cccc2Cl)n1. The maximum atomic E-state index is 6.11. The van der Waals surface area contributed by atoms with Gasteiger partial charge >= 0.3 is 0 Å². The van der Waals surface area contributed by atoms with Crippen molar-refractivity contribution in [2.75, 3.05) is 5.32 Å². The van der Waals surface area contributed by atoms with Gasteiger partial charge in [-0.05, 0) is 12.1 Å². The molecule has 0 radical (unpaired) electrons. The highest BCUT2D eigenvalue weighted by Crippen LogP contribution is 2.31. The lowest BCUT2D eigenvalue weighted by Crippen LogP contribution is -2.12. The number of thiazole rings is 1. The third kappa shape index (κ3) is 3.62. The first-order valence-corrected chi connectivity index (χ1v) is 7.64. The minimum atomic E-state index is 0.0801. The maximum Gasteiger partial charge on any atom is 0.112 e. The van der Waals surface area contributed by atoms with Crippen molar-refractivity contribution in [3.8, 4) is 0 Å². The minimum absolute atomic E-state index is 0.0801. The molecule has 0 aliphatic heterocycles. The number of benzene rings is 1. The van der Waals surface area contributed by atoms with E-state index in [-0.39, 0.29) is 5.41 Å². The lowest BCUT2D eigenvalue weighted by atomic mass is 9.93. The van der Waals surface area contributed by atoms with Crippen LogP contribution in [0.3, 0.4) is 0 Å². The molecule has 0 fully saturated rings. The summed E-state index contributed by atoms with van der Waals surface area (Å²) in [5, 5.41) is 7.63. The van der Waals surface area contributed by atoms with E-state index in [1.165, 1.54) is 0 Å². The lowest BCUT2D eigenvalue weighted by molar-refractivity contribution is 0.571. The quantitative estimate of drug-likeness (QED) is 0.825. The van der Waals surface area contributed by atoms with Crippen LogP contribution in [0, 0.1) is 0 Å². The summed E-state index contributed by atoms with van der Waals surface area (Å²) in [4.78, 5) is 4.63. The number of hydrogen-bond acceptors (Lipinski definition) is 3. The smallest absolute Gasteiger partial charge is 0.112 e. The van der Waals surface area contributed by atoms with E-state index >= 15 is 0 Å². The van der Waals surface area contributed by atoms with Crippen molar-refractivity contribution in [3.05, 3.63) is 44.3 Å². The van der Waals surface area contributed by atoms with E-state index in [9.17, 15) is 0 Å². The fraction of sp³-hybridized carbons (Fsp3) is 0.357. The molecule has 2 aromatic rings. The molecule has 5 heteroatoms. The van der Waals surface area contributed by atoms with Gasteiger partial charge in [0.1, 0.15) is 5.01 Å². The predicted octanol–water partition coefficient (Wildman–Crippen LogP) is 5.36. The van der Waals surface area contributed by atoms with Gasteiger partial charge in [-0.15, -0.1) is 11.3 Å². The van der Waals surface area contributed by atoms with E-state index in [1.807, 2.05) is 18.2 Å². The lowest BCUT2D eigenvalue weighted by Gasteiger charge is -2.14. The number of aromatic nitrogens is 1. The second kappa shape index (κ2) is 5.70. The molecule has 0 spiro atoms. The molecule has 0 aliphatic rings. The molecule has 0 aliphatic carbocycles. The molecule has 102 valence electrons. The van der Waals surface area contributed by atoms with Crippen LogP contribution in [0.2, 0.25) is 10.0 Å². The van der Waals surface area contributed by atoms with Crippen molar-refractivity contribution < 1.29 is 0 Å². The van der Waals surface area contributed by atoms with Gasteiger partial charge in [0.05, 0.1) is 28.0 Å². The highest BCUT2D eigenvalue weighted by molar-refractivity contribution is 7.09. The Morgan fingerprint density at radius 1 is 1.21 bits per heavy atom. The van der Waals surface area contributed by atoms with Crippen LogP contribution in [0.25, 0.3) is 0 Å². The van der Waals surface area contributed by atoms with E-state index in [0.29, 0.717) is 16.6 Å². The molecule has 1 aromatic carbocycles. The van der Waals surface area contributed by atoms with Crippen molar-refractivity contribution in [2.24, 2.45) is 0 Å². The number of anilines is 1. The number of nitrogens with one attached hydrogen (secondary N) is 1. The summed E-state index contributed by atoms with van der Waals surface area (Å²) >= 11 is 13.9. The Bertz CT molecular complexity index is 553. The van der Waals surface area contributed by atoms with Gasteiger partial charge in [-0.2, -0.15) is 0 Å². The average molecular weight is 315 g/mol. The van der Waals surface area contributed by atoms with Crippen LogP contribution in [-0.4, -0.2) is 4.98 Å². The van der Waals surface area contributed by atoms with Gasteiger partial charge in [-0.3, -0.25) is 0 Å². The minimum Gasteiger partial charge on any atom is -0.376 e. The summed E-state index contributed by atoms with van der Waals surface area (Å²) < 4.78 is 0. The van der Waals surface area contributed by atoms with Crippen molar-refractivity contribution in [1.82, 2.24) is 4.98 Å². The first kappa shape index (κ1) is 14.6. The molecule has 2 rings (SSSR count). The summed E-state index contributed by atoms with van der Waals surface area (Å²) in [5.74, 6) is 0. The van der Waals surface area contributed by atoms with Gasteiger partial charge in [0.2, 0.25) is 0 Å². The molecule has 0 unspecified atom stereocenters. The molecule has 0 atom stereocenters. The summed E-state index contributed by atoms with van der Waals surface area (Å²) in [6, 6.07) is 5.47. The summed E-state index contributed by atoms with van der Waals surface area (Å²) in [7, 11) is 0. The predicted molar refractivity (Wildman–Crippen MR) is 84.6 cm³/mol. The van der Waals surface area contributed by atoms with E-state index in [2.05, 4.69) is 36.5 Å². The zero-order valence-corrected chi connectivity index (χ0v) is 13.5. The summed E-state index contributed by atoms with van der Waals surface area (Å²) in [6.07, 6.45) is 0. The van der Waals surface area contributed by atoms with Crippen LogP contribution in [0.1, 0.15) is 31.5 Å². The maximum absolute atomic E-state index is 6.11. The average Bonchev–Trinajstić information content (AvgIpc) is 2.77. The van der Waals surface area contributed by atoms with E-state index < -0.39 is 0 Å². The molecule has 0 bridgehead atoms. The number of nitrogens with zero attached hydrogens (tertiary/aromatic N) is 1. The molecular formula is C14H16Cl2N2S. The number of rotatable bonds is 3. The first-order chi connectivity index (χ1) is 8.88. The van der Waals surface area contributed by atoms with Crippen LogP contribution < -0.4 is 5.32 Å². The zero-order valence-electron chi connectivity index (χ0n) is 11.1. The topological polar surface area (TPSA) is 24.9 Å². The van der Waals surface area contributed by atoms with Gasteiger partial charge in [0.15, 0.2) is 0 Å². The number of hydrogen-bond donors (Lipinski definition) is 1. The van der Waals surface area contributed by atoms with Gasteiger partial charge in [0.25, 0.3) is 0 Å². The van der Waals surface area contributed by atoms with Crippen LogP contribution in [-0.2, 0) is 12.0 Å². The third-order valence-electron chi connectivity index (χ3n) is 2.70. The fourth-order valence-electron chi connectivity index (χ4n) is 1.57. The normalized spacial score (nSPS) is 11.6. The Kier molecular flexibility index (Phi) is 4.39. The van der Waals surface area contributed by atoms with Crippen LogP contribution in [0.4, 0.5) is 5.69 Å². The second-order valence-electron chi connectivity index (χ2n) is 5.33. The number of para-hydroxylation sites is 1. The summed E-state index contributed by atoms with van der Waals surface area (Å²) in [6.45, 7) is 7.10. The monoisotopic (exact) mass is 314 g/mol.